The van der Waals surface area contributed by atoms with Crippen molar-refractivity contribution in [3.63, 3.8) is 0 Å². The van der Waals surface area contributed by atoms with Gasteiger partial charge in [-0.1, -0.05) is 11.6 Å². The molecular formula is C16H21ClN4O. The van der Waals surface area contributed by atoms with Gasteiger partial charge in [0.15, 0.2) is 5.82 Å². The van der Waals surface area contributed by atoms with E-state index in [2.05, 4.69) is 15.1 Å². The van der Waals surface area contributed by atoms with E-state index >= 15 is 0 Å². The third-order valence-corrected chi connectivity index (χ3v) is 4.55. The van der Waals surface area contributed by atoms with E-state index in [1.165, 1.54) is 6.42 Å². The van der Waals surface area contributed by atoms with Gasteiger partial charge in [-0.25, -0.2) is 0 Å². The van der Waals surface area contributed by atoms with Crippen LogP contribution < -0.4 is 4.90 Å². The number of aliphatic hydroxyl groups excluding tert-OH is 1. The Balaban J connectivity index is 1.82. The molecule has 1 N–H and O–H groups in total. The molecule has 1 aromatic heterocycles. The monoisotopic (exact) mass is 320 g/mol. The number of benzene rings is 1. The number of hydrogen-bond donors (Lipinski definition) is 1. The molecule has 2 aromatic rings. The first-order chi connectivity index (χ1) is 10.7. The molecule has 22 heavy (non-hydrogen) atoms. The van der Waals surface area contributed by atoms with E-state index in [1.54, 1.807) is 0 Å². The van der Waals surface area contributed by atoms with Crippen LogP contribution in [0.3, 0.4) is 0 Å². The summed E-state index contributed by atoms with van der Waals surface area (Å²) in [4.78, 5) is 2.27. The highest BCUT2D eigenvalue weighted by Crippen LogP contribution is 2.27. The summed E-state index contributed by atoms with van der Waals surface area (Å²) >= 11 is 5.94. The highest BCUT2D eigenvalue weighted by molar-refractivity contribution is 6.30. The maximum atomic E-state index is 9.14. The number of rotatable bonds is 4. The first kappa shape index (κ1) is 15.3. The van der Waals surface area contributed by atoms with Gasteiger partial charge in [-0.05, 0) is 49.4 Å². The molecule has 1 saturated heterocycles. The predicted molar refractivity (Wildman–Crippen MR) is 88.1 cm³/mol. The Hall–Kier alpha value is -1.59. The molecule has 1 aliphatic rings. The minimum Gasteiger partial charge on any atom is -0.396 e. The van der Waals surface area contributed by atoms with Crippen molar-refractivity contribution in [1.29, 1.82) is 0 Å². The van der Waals surface area contributed by atoms with Crippen LogP contribution in [0.4, 0.5) is 5.95 Å². The van der Waals surface area contributed by atoms with E-state index in [0.717, 1.165) is 43.3 Å². The number of anilines is 1. The van der Waals surface area contributed by atoms with Crippen LogP contribution in [0.5, 0.6) is 0 Å². The van der Waals surface area contributed by atoms with E-state index in [9.17, 15) is 0 Å². The van der Waals surface area contributed by atoms with E-state index in [4.69, 9.17) is 16.7 Å². The van der Waals surface area contributed by atoms with Crippen LogP contribution >= 0.6 is 11.6 Å². The SMILES string of the molecule is Cn1c(-c2ccc(Cl)cc2)nnc1N1CCCC(CCO)C1. The van der Waals surface area contributed by atoms with Gasteiger partial charge < -0.3 is 10.0 Å². The maximum absolute atomic E-state index is 9.14. The van der Waals surface area contributed by atoms with Gasteiger partial charge in [-0.3, -0.25) is 4.57 Å². The summed E-state index contributed by atoms with van der Waals surface area (Å²) in [5, 5.41) is 18.6. The molecule has 1 fully saturated rings. The normalized spacial score (nSPS) is 18.7. The Labute approximate surface area is 135 Å². The van der Waals surface area contributed by atoms with Crippen molar-refractivity contribution in [3.05, 3.63) is 29.3 Å². The molecule has 0 radical (unpaired) electrons. The summed E-state index contributed by atoms with van der Waals surface area (Å²) in [5.74, 6) is 2.28. The maximum Gasteiger partial charge on any atom is 0.227 e. The number of piperidine rings is 1. The van der Waals surface area contributed by atoms with Crippen LogP contribution in [0.15, 0.2) is 24.3 Å². The van der Waals surface area contributed by atoms with Crippen molar-refractivity contribution in [2.24, 2.45) is 13.0 Å². The summed E-state index contributed by atoms with van der Waals surface area (Å²) in [6.07, 6.45) is 3.17. The molecule has 6 heteroatoms. The van der Waals surface area contributed by atoms with Crippen molar-refractivity contribution in [2.75, 3.05) is 24.6 Å². The highest BCUT2D eigenvalue weighted by atomic mass is 35.5. The second-order valence-corrected chi connectivity index (χ2v) is 6.29. The fourth-order valence-electron chi connectivity index (χ4n) is 3.11. The molecule has 1 aliphatic heterocycles. The first-order valence-corrected chi connectivity index (χ1v) is 8.08. The number of aliphatic hydroxyl groups is 1. The molecule has 0 amide bonds. The zero-order chi connectivity index (χ0) is 15.5. The van der Waals surface area contributed by atoms with Gasteiger partial charge >= 0.3 is 0 Å². The molecule has 2 heterocycles. The Morgan fingerprint density at radius 3 is 2.77 bits per heavy atom. The van der Waals surface area contributed by atoms with Gasteiger partial charge in [0.25, 0.3) is 0 Å². The molecule has 1 atom stereocenters. The zero-order valence-corrected chi connectivity index (χ0v) is 13.5. The van der Waals surface area contributed by atoms with Crippen molar-refractivity contribution >= 4 is 17.5 Å². The standard InChI is InChI=1S/C16H21ClN4O/c1-20-15(13-4-6-14(17)7-5-13)18-19-16(20)21-9-2-3-12(11-21)8-10-22/h4-7,12,22H,2-3,8-11H2,1H3. The topological polar surface area (TPSA) is 54.2 Å². The summed E-state index contributed by atoms with van der Waals surface area (Å²) < 4.78 is 2.03. The number of nitrogens with zero attached hydrogens (tertiary/aromatic N) is 4. The fourth-order valence-corrected chi connectivity index (χ4v) is 3.24. The predicted octanol–water partition coefficient (Wildman–Crippen LogP) is 2.73. The largest absolute Gasteiger partial charge is 0.396 e. The molecule has 1 unspecified atom stereocenters. The van der Waals surface area contributed by atoms with Gasteiger partial charge in [-0.2, -0.15) is 0 Å². The van der Waals surface area contributed by atoms with E-state index in [1.807, 2.05) is 35.9 Å². The van der Waals surface area contributed by atoms with E-state index < -0.39 is 0 Å². The molecule has 1 aromatic carbocycles. The third-order valence-electron chi connectivity index (χ3n) is 4.29. The van der Waals surface area contributed by atoms with Gasteiger partial charge in [-0.15, -0.1) is 10.2 Å². The Kier molecular flexibility index (Phi) is 4.64. The minimum absolute atomic E-state index is 0.257. The minimum atomic E-state index is 0.257. The summed E-state index contributed by atoms with van der Waals surface area (Å²) in [6, 6.07) is 7.65. The van der Waals surface area contributed by atoms with Gasteiger partial charge in [0.05, 0.1) is 0 Å². The van der Waals surface area contributed by atoms with Crippen LogP contribution in [-0.4, -0.2) is 39.6 Å². The molecule has 0 spiro atoms. The second-order valence-electron chi connectivity index (χ2n) is 5.86. The second kappa shape index (κ2) is 6.67. The Bertz CT molecular complexity index is 624. The van der Waals surface area contributed by atoms with Crippen LogP contribution in [0.2, 0.25) is 5.02 Å². The lowest BCUT2D eigenvalue weighted by Gasteiger charge is -2.32. The van der Waals surface area contributed by atoms with Crippen LogP contribution in [-0.2, 0) is 7.05 Å². The average Bonchev–Trinajstić information content (AvgIpc) is 2.90. The van der Waals surface area contributed by atoms with E-state index in [0.29, 0.717) is 10.9 Å². The average molecular weight is 321 g/mol. The molecule has 0 saturated carbocycles. The molecule has 0 bridgehead atoms. The molecule has 0 aliphatic carbocycles. The van der Waals surface area contributed by atoms with Crippen LogP contribution in [0.25, 0.3) is 11.4 Å². The van der Waals surface area contributed by atoms with Gasteiger partial charge in [0.2, 0.25) is 5.95 Å². The highest BCUT2D eigenvalue weighted by Gasteiger charge is 2.23. The summed E-state index contributed by atoms with van der Waals surface area (Å²) in [5.41, 5.74) is 1.01. The lowest BCUT2D eigenvalue weighted by Crippen LogP contribution is -2.37. The van der Waals surface area contributed by atoms with Gasteiger partial charge in [0, 0.05) is 37.3 Å². The van der Waals surface area contributed by atoms with Crippen molar-refractivity contribution in [2.45, 2.75) is 19.3 Å². The van der Waals surface area contributed by atoms with E-state index in [-0.39, 0.29) is 6.61 Å². The number of halogens is 1. The number of aromatic nitrogens is 3. The van der Waals surface area contributed by atoms with Crippen molar-refractivity contribution < 1.29 is 5.11 Å². The van der Waals surface area contributed by atoms with Crippen LogP contribution in [0, 0.1) is 5.92 Å². The quantitative estimate of drug-likeness (QED) is 0.941. The fraction of sp³-hybridized carbons (Fsp3) is 0.500. The molecular weight excluding hydrogens is 300 g/mol. The lowest BCUT2D eigenvalue weighted by molar-refractivity contribution is 0.243. The molecule has 118 valence electrons. The Morgan fingerprint density at radius 2 is 2.05 bits per heavy atom. The first-order valence-electron chi connectivity index (χ1n) is 7.70. The molecule has 3 rings (SSSR count). The smallest absolute Gasteiger partial charge is 0.227 e. The lowest BCUT2D eigenvalue weighted by atomic mass is 9.95. The number of hydrogen-bond acceptors (Lipinski definition) is 4. The summed E-state index contributed by atoms with van der Waals surface area (Å²) in [6.45, 7) is 2.19. The Morgan fingerprint density at radius 1 is 1.27 bits per heavy atom. The van der Waals surface area contributed by atoms with Crippen LogP contribution in [0.1, 0.15) is 19.3 Å². The summed E-state index contributed by atoms with van der Waals surface area (Å²) in [7, 11) is 1.99. The zero-order valence-electron chi connectivity index (χ0n) is 12.7. The third kappa shape index (κ3) is 3.10. The van der Waals surface area contributed by atoms with Crippen molar-refractivity contribution in [3.8, 4) is 11.4 Å². The van der Waals surface area contributed by atoms with Crippen molar-refractivity contribution in [1.82, 2.24) is 14.8 Å². The van der Waals surface area contributed by atoms with Gasteiger partial charge in [0.1, 0.15) is 0 Å². The molecule has 5 nitrogen and oxygen atoms in total.